The van der Waals surface area contributed by atoms with Crippen molar-refractivity contribution in [1.29, 1.82) is 0 Å². The Kier molecular flexibility index (Phi) is 6.72. The number of carbonyl (C=O) groups excluding carboxylic acids is 1. The van der Waals surface area contributed by atoms with E-state index in [2.05, 4.69) is 89.4 Å². The molecule has 4 heteroatoms. The Labute approximate surface area is 171 Å². The number of halogens is 1. The van der Waals surface area contributed by atoms with Crippen molar-refractivity contribution in [2.75, 3.05) is 13.1 Å². The molecule has 0 aromatic heterocycles. The van der Waals surface area contributed by atoms with Gasteiger partial charge in [-0.2, -0.15) is 0 Å². The third kappa shape index (κ3) is 5.43. The Hall–Kier alpha value is -1.65. The fourth-order valence-corrected chi connectivity index (χ4v) is 4.19. The van der Waals surface area contributed by atoms with Crippen LogP contribution in [0.3, 0.4) is 0 Å². The van der Waals surface area contributed by atoms with Crippen molar-refractivity contribution in [2.45, 2.75) is 46.2 Å². The van der Waals surface area contributed by atoms with Gasteiger partial charge >= 0.3 is 0 Å². The van der Waals surface area contributed by atoms with E-state index in [0.29, 0.717) is 0 Å². The third-order valence-corrected chi connectivity index (χ3v) is 6.06. The molecule has 2 aromatic rings. The summed E-state index contributed by atoms with van der Waals surface area (Å²) in [5.41, 5.74) is 5.03. The summed E-state index contributed by atoms with van der Waals surface area (Å²) in [4.78, 5) is 15.2. The maximum absolute atomic E-state index is 12.7. The van der Waals surface area contributed by atoms with Crippen LogP contribution in [0.15, 0.2) is 46.9 Å². The van der Waals surface area contributed by atoms with Gasteiger partial charge in [0.2, 0.25) is 5.91 Å². The molecule has 0 aliphatic carbocycles. The van der Waals surface area contributed by atoms with Gasteiger partial charge in [0.1, 0.15) is 0 Å². The van der Waals surface area contributed by atoms with Crippen molar-refractivity contribution in [2.24, 2.45) is 5.92 Å². The molecular formula is C23H29BrN2O. The zero-order chi connectivity index (χ0) is 19.4. The van der Waals surface area contributed by atoms with Crippen LogP contribution < -0.4 is 5.32 Å². The van der Waals surface area contributed by atoms with E-state index in [1.54, 1.807) is 0 Å². The Morgan fingerprint density at radius 3 is 2.44 bits per heavy atom. The lowest BCUT2D eigenvalue weighted by molar-refractivity contribution is -0.127. The summed E-state index contributed by atoms with van der Waals surface area (Å²) in [5.74, 6) is 0.324. The number of likely N-dealkylation sites (tertiary alicyclic amines) is 1. The molecule has 1 saturated heterocycles. The highest BCUT2D eigenvalue weighted by molar-refractivity contribution is 9.10. The highest BCUT2D eigenvalue weighted by atomic mass is 79.9. The standard InChI is InChI=1S/C23H29BrN2O/c1-16-4-9-22(17(2)14-16)18(3)25-23(27)20-10-12-26(13-11-20)15-19-5-7-21(24)8-6-19/h4-9,14,18,20H,10-13,15H2,1-3H3,(H,25,27)/t18-/m0/s1. The number of nitrogens with one attached hydrogen (secondary N) is 1. The summed E-state index contributed by atoms with van der Waals surface area (Å²) in [6.07, 6.45) is 1.87. The SMILES string of the molecule is Cc1ccc([C@H](C)NC(=O)C2CCN(Cc3ccc(Br)cc3)CC2)c(C)c1. The molecule has 1 amide bonds. The lowest BCUT2D eigenvalue weighted by Crippen LogP contribution is -2.41. The molecule has 3 nitrogen and oxygen atoms in total. The van der Waals surface area contributed by atoms with Crippen LogP contribution in [0.25, 0.3) is 0 Å². The number of carbonyl (C=O) groups is 1. The predicted octanol–water partition coefficient (Wildman–Crippen LogP) is 5.16. The van der Waals surface area contributed by atoms with Gasteiger partial charge < -0.3 is 5.32 Å². The van der Waals surface area contributed by atoms with E-state index in [1.807, 2.05) is 0 Å². The van der Waals surface area contributed by atoms with Gasteiger partial charge in [0.25, 0.3) is 0 Å². The molecule has 1 aliphatic rings. The van der Waals surface area contributed by atoms with E-state index in [0.717, 1.165) is 36.9 Å². The van der Waals surface area contributed by atoms with E-state index < -0.39 is 0 Å². The minimum absolute atomic E-state index is 0.0545. The quantitative estimate of drug-likeness (QED) is 0.713. The van der Waals surface area contributed by atoms with Gasteiger partial charge in [0, 0.05) is 16.9 Å². The number of nitrogens with zero attached hydrogens (tertiary/aromatic N) is 1. The Morgan fingerprint density at radius 2 is 1.81 bits per heavy atom. The zero-order valence-corrected chi connectivity index (χ0v) is 18.1. The second kappa shape index (κ2) is 9.03. The molecule has 0 saturated carbocycles. The largest absolute Gasteiger partial charge is 0.349 e. The first-order valence-electron chi connectivity index (χ1n) is 9.76. The summed E-state index contributed by atoms with van der Waals surface area (Å²) < 4.78 is 1.11. The molecule has 1 atom stereocenters. The molecule has 1 fully saturated rings. The summed E-state index contributed by atoms with van der Waals surface area (Å²) in [6, 6.07) is 15.0. The van der Waals surface area contributed by atoms with Crippen LogP contribution in [0.4, 0.5) is 0 Å². The lowest BCUT2D eigenvalue weighted by Gasteiger charge is -2.32. The average Bonchev–Trinajstić information content (AvgIpc) is 2.64. The van der Waals surface area contributed by atoms with Gasteiger partial charge in [-0.05, 0) is 75.5 Å². The molecule has 27 heavy (non-hydrogen) atoms. The first kappa shape index (κ1) is 20.1. The normalized spacial score (nSPS) is 16.9. The molecule has 1 N–H and O–H groups in total. The average molecular weight is 429 g/mol. The molecule has 1 aliphatic heterocycles. The summed E-state index contributed by atoms with van der Waals surface area (Å²) in [7, 11) is 0. The van der Waals surface area contributed by atoms with Crippen molar-refractivity contribution in [1.82, 2.24) is 10.2 Å². The zero-order valence-electron chi connectivity index (χ0n) is 16.5. The molecule has 3 rings (SSSR count). The fraction of sp³-hybridized carbons (Fsp3) is 0.435. The van der Waals surface area contributed by atoms with Crippen molar-refractivity contribution in [3.05, 3.63) is 69.2 Å². The highest BCUT2D eigenvalue weighted by Crippen LogP contribution is 2.23. The minimum Gasteiger partial charge on any atom is -0.349 e. The summed E-state index contributed by atoms with van der Waals surface area (Å²) >= 11 is 3.48. The number of benzene rings is 2. The summed E-state index contributed by atoms with van der Waals surface area (Å²) in [6.45, 7) is 9.21. The highest BCUT2D eigenvalue weighted by Gasteiger charge is 2.26. The van der Waals surface area contributed by atoms with Crippen LogP contribution in [-0.4, -0.2) is 23.9 Å². The number of amides is 1. The van der Waals surface area contributed by atoms with Crippen molar-refractivity contribution < 1.29 is 4.79 Å². The molecule has 144 valence electrons. The lowest BCUT2D eigenvalue weighted by atomic mass is 9.94. The molecule has 0 radical (unpaired) electrons. The Balaban J connectivity index is 1.50. The van der Waals surface area contributed by atoms with Crippen LogP contribution in [0, 0.1) is 19.8 Å². The van der Waals surface area contributed by atoms with Crippen LogP contribution in [-0.2, 0) is 11.3 Å². The van der Waals surface area contributed by atoms with Crippen LogP contribution in [0.1, 0.15) is 48.1 Å². The molecule has 1 heterocycles. The van der Waals surface area contributed by atoms with E-state index in [1.165, 1.54) is 22.3 Å². The third-order valence-electron chi connectivity index (χ3n) is 5.53. The van der Waals surface area contributed by atoms with Gasteiger partial charge in [-0.1, -0.05) is 51.8 Å². The van der Waals surface area contributed by atoms with E-state index in [9.17, 15) is 4.79 Å². The Bertz CT molecular complexity index is 779. The number of rotatable bonds is 5. The second-order valence-electron chi connectivity index (χ2n) is 7.77. The fourth-order valence-electron chi connectivity index (χ4n) is 3.92. The maximum Gasteiger partial charge on any atom is 0.223 e. The number of hydrogen-bond acceptors (Lipinski definition) is 2. The smallest absolute Gasteiger partial charge is 0.223 e. The van der Waals surface area contributed by atoms with Crippen LogP contribution >= 0.6 is 15.9 Å². The first-order valence-corrected chi connectivity index (χ1v) is 10.6. The first-order chi connectivity index (χ1) is 12.9. The van der Waals surface area contributed by atoms with Crippen molar-refractivity contribution in [3.63, 3.8) is 0 Å². The van der Waals surface area contributed by atoms with Crippen molar-refractivity contribution >= 4 is 21.8 Å². The molecule has 0 spiro atoms. The van der Waals surface area contributed by atoms with Crippen LogP contribution in [0.5, 0.6) is 0 Å². The predicted molar refractivity (Wildman–Crippen MR) is 115 cm³/mol. The molecular weight excluding hydrogens is 400 g/mol. The number of piperidine rings is 1. The van der Waals surface area contributed by atoms with Gasteiger partial charge in [-0.25, -0.2) is 0 Å². The topological polar surface area (TPSA) is 32.3 Å². The van der Waals surface area contributed by atoms with Crippen LogP contribution in [0.2, 0.25) is 0 Å². The molecule has 0 bridgehead atoms. The monoisotopic (exact) mass is 428 g/mol. The maximum atomic E-state index is 12.7. The minimum atomic E-state index is 0.0545. The molecule has 2 aromatic carbocycles. The Morgan fingerprint density at radius 1 is 1.15 bits per heavy atom. The van der Waals surface area contributed by atoms with E-state index in [-0.39, 0.29) is 17.9 Å². The second-order valence-corrected chi connectivity index (χ2v) is 8.68. The van der Waals surface area contributed by atoms with Gasteiger partial charge in [0.15, 0.2) is 0 Å². The van der Waals surface area contributed by atoms with Gasteiger partial charge in [-0.15, -0.1) is 0 Å². The van der Waals surface area contributed by atoms with Crippen molar-refractivity contribution in [3.8, 4) is 0 Å². The van der Waals surface area contributed by atoms with Gasteiger partial charge in [-0.3, -0.25) is 9.69 Å². The summed E-state index contributed by atoms with van der Waals surface area (Å²) in [5, 5.41) is 3.23. The van der Waals surface area contributed by atoms with E-state index >= 15 is 0 Å². The number of aryl methyl sites for hydroxylation is 2. The van der Waals surface area contributed by atoms with Gasteiger partial charge in [0.05, 0.1) is 6.04 Å². The molecule has 0 unspecified atom stereocenters. The van der Waals surface area contributed by atoms with E-state index in [4.69, 9.17) is 0 Å². The number of hydrogen-bond donors (Lipinski definition) is 1.